The number of aryl methyl sites for hydroxylation is 2. The summed E-state index contributed by atoms with van der Waals surface area (Å²) in [4.78, 5) is 14.4. The van der Waals surface area contributed by atoms with E-state index >= 15 is 0 Å². The third-order valence-corrected chi connectivity index (χ3v) is 6.79. The maximum absolute atomic E-state index is 12.3. The first-order chi connectivity index (χ1) is 10.8. The van der Waals surface area contributed by atoms with Gasteiger partial charge in [-0.05, 0) is 31.4 Å². The third-order valence-electron chi connectivity index (χ3n) is 4.41. The van der Waals surface area contributed by atoms with Gasteiger partial charge in [-0.15, -0.1) is 11.6 Å². The summed E-state index contributed by atoms with van der Waals surface area (Å²) in [6, 6.07) is 5.78. The zero-order valence-corrected chi connectivity index (χ0v) is 14.7. The predicted molar refractivity (Wildman–Crippen MR) is 91.9 cm³/mol. The van der Waals surface area contributed by atoms with Crippen LogP contribution in [0.15, 0.2) is 18.2 Å². The molecule has 1 saturated heterocycles. The largest absolute Gasteiger partial charge is 0.362 e. The van der Waals surface area contributed by atoms with Gasteiger partial charge in [-0.3, -0.25) is 4.79 Å². The molecule has 1 aromatic carbocycles. The van der Waals surface area contributed by atoms with Crippen molar-refractivity contribution in [3.05, 3.63) is 29.3 Å². The van der Waals surface area contributed by atoms with E-state index in [0.29, 0.717) is 0 Å². The van der Waals surface area contributed by atoms with Crippen LogP contribution in [0.25, 0.3) is 0 Å². The SMILES string of the molecule is Cc1ccc2c(c1)CCCN2CC(=O)N[C@H]1CS(=O)(=O)C[C@@H]1Cl. The van der Waals surface area contributed by atoms with Crippen molar-refractivity contribution in [3.63, 3.8) is 0 Å². The number of alkyl halides is 1. The molecule has 23 heavy (non-hydrogen) atoms. The van der Waals surface area contributed by atoms with Crippen molar-refractivity contribution >= 4 is 33.0 Å². The second-order valence-corrected chi connectivity index (χ2v) is 9.14. The lowest BCUT2D eigenvalue weighted by Crippen LogP contribution is -2.46. The van der Waals surface area contributed by atoms with Gasteiger partial charge in [-0.1, -0.05) is 17.7 Å². The Labute approximate surface area is 141 Å². The van der Waals surface area contributed by atoms with Crippen molar-refractivity contribution in [2.24, 2.45) is 0 Å². The van der Waals surface area contributed by atoms with Crippen molar-refractivity contribution < 1.29 is 13.2 Å². The first kappa shape index (κ1) is 16.6. The van der Waals surface area contributed by atoms with Gasteiger partial charge in [-0.2, -0.15) is 0 Å². The summed E-state index contributed by atoms with van der Waals surface area (Å²) in [6.07, 6.45) is 2.04. The van der Waals surface area contributed by atoms with Gasteiger partial charge in [0.1, 0.15) is 0 Å². The van der Waals surface area contributed by atoms with Crippen LogP contribution in [0.4, 0.5) is 5.69 Å². The van der Waals surface area contributed by atoms with Gasteiger partial charge in [-0.25, -0.2) is 8.42 Å². The summed E-state index contributed by atoms with van der Waals surface area (Å²) in [5, 5.41) is 2.24. The van der Waals surface area contributed by atoms with Crippen LogP contribution >= 0.6 is 11.6 Å². The molecule has 0 aliphatic carbocycles. The monoisotopic (exact) mass is 356 g/mol. The molecular weight excluding hydrogens is 336 g/mol. The third kappa shape index (κ3) is 3.80. The first-order valence-corrected chi connectivity index (χ1v) is 10.1. The van der Waals surface area contributed by atoms with Crippen molar-refractivity contribution in [2.45, 2.75) is 31.2 Å². The fourth-order valence-corrected chi connectivity index (χ4v) is 5.88. The Kier molecular flexibility index (Phi) is 4.56. The number of carbonyl (C=O) groups is 1. The van der Waals surface area contributed by atoms with Crippen LogP contribution in [0.3, 0.4) is 0 Å². The number of nitrogens with one attached hydrogen (secondary N) is 1. The maximum Gasteiger partial charge on any atom is 0.239 e. The molecule has 2 heterocycles. The van der Waals surface area contributed by atoms with Gasteiger partial charge in [0.15, 0.2) is 9.84 Å². The number of nitrogens with zero attached hydrogens (tertiary/aromatic N) is 1. The molecule has 0 bridgehead atoms. The first-order valence-electron chi connectivity index (χ1n) is 7.82. The number of sulfone groups is 1. The molecule has 0 unspecified atom stereocenters. The van der Waals surface area contributed by atoms with Crippen molar-refractivity contribution in [1.82, 2.24) is 5.32 Å². The summed E-state index contributed by atoms with van der Waals surface area (Å²) >= 11 is 6.04. The Balaban J connectivity index is 1.66. The minimum atomic E-state index is -3.14. The van der Waals surface area contributed by atoms with Crippen LogP contribution in [0.5, 0.6) is 0 Å². The maximum atomic E-state index is 12.3. The number of halogens is 1. The fourth-order valence-electron chi connectivity index (χ4n) is 3.33. The predicted octanol–water partition coefficient (Wildman–Crippen LogP) is 1.27. The van der Waals surface area contributed by atoms with Gasteiger partial charge < -0.3 is 10.2 Å². The zero-order valence-electron chi connectivity index (χ0n) is 13.1. The highest BCUT2D eigenvalue weighted by atomic mass is 35.5. The molecular formula is C16H21ClN2O3S. The van der Waals surface area contributed by atoms with Crippen LogP contribution in [0.2, 0.25) is 0 Å². The van der Waals surface area contributed by atoms with Crippen LogP contribution in [-0.2, 0) is 21.1 Å². The molecule has 2 atom stereocenters. The molecule has 0 radical (unpaired) electrons. The minimum Gasteiger partial charge on any atom is -0.362 e. The summed E-state index contributed by atoms with van der Waals surface area (Å²) < 4.78 is 23.1. The fraction of sp³-hybridized carbons (Fsp3) is 0.562. The van der Waals surface area contributed by atoms with E-state index in [4.69, 9.17) is 11.6 Å². The Morgan fingerprint density at radius 2 is 2.17 bits per heavy atom. The van der Waals surface area contributed by atoms with Gasteiger partial charge >= 0.3 is 0 Å². The van der Waals surface area contributed by atoms with Gasteiger partial charge in [0, 0.05) is 12.2 Å². The topological polar surface area (TPSA) is 66.5 Å². The molecule has 0 saturated carbocycles. The Bertz CT molecular complexity index is 720. The number of rotatable bonds is 3. The summed E-state index contributed by atoms with van der Waals surface area (Å²) in [6.45, 7) is 3.13. The standard InChI is InChI=1S/C16H21ClN2O3S/c1-11-4-5-15-12(7-11)3-2-6-19(15)8-16(20)18-14-10-23(21,22)9-13(14)17/h4-5,7,13-14H,2-3,6,8-10H2,1H3,(H,18,20)/t13-,14-/m0/s1. The number of anilines is 1. The van der Waals surface area contributed by atoms with Crippen molar-refractivity contribution in [2.75, 3.05) is 29.5 Å². The molecule has 5 nitrogen and oxygen atoms in total. The quantitative estimate of drug-likeness (QED) is 0.828. The van der Waals surface area contributed by atoms with Gasteiger partial charge in [0.2, 0.25) is 5.91 Å². The van der Waals surface area contributed by atoms with E-state index in [1.54, 1.807) is 0 Å². The van der Waals surface area contributed by atoms with Crippen LogP contribution in [0.1, 0.15) is 17.5 Å². The van der Waals surface area contributed by atoms with E-state index in [9.17, 15) is 13.2 Å². The number of amides is 1. The molecule has 1 amide bonds. The highest BCUT2D eigenvalue weighted by Gasteiger charge is 2.37. The number of hydrogen-bond acceptors (Lipinski definition) is 4. The second kappa shape index (κ2) is 6.32. The van der Waals surface area contributed by atoms with Crippen molar-refractivity contribution in [1.29, 1.82) is 0 Å². The Hall–Kier alpha value is -1.27. The summed E-state index contributed by atoms with van der Waals surface area (Å²) in [5.74, 6) is -0.306. The highest BCUT2D eigenvalue weighted by Crippen LogP contribution is 2.27. The molecule has 0 spiro atoms. The molecule has 1 N–H and O–H groups in total. The van der Waals surface area contributed by atoms with E-state index in [1.165, 1.54) is 11.1 Å². The lowest BCUT2D eigenvalue weighted by Gasteiger charge is -2.31. The number of fused-ring (bicyclic) bond motifs is 1. The Morgan fingerprint density at radius 1 is 1.39 bits per heavy atom. The molecule has 126 valence electrons. The molecule has 3 rings (SSSR count). The zero-order chi connectivity index (χ0) is 16.6. The molecule has 0 aromatic heterocycles. The average Bonchev–Trinajstić information content (AvgIpc) is 2.71. The lowest BCUT2D eigenvalue weighted by molar-refractivity contribution is -0.120. The summed E-state index contributed by atoms with van der Waals surface area (Å²) in [7, 11) is -3.14. The van der Waals surface area contributed by atoms with E-state index in [1.807, 2.05) is 6.07 Å². The van der Waals surface area contributed by atoms with E-state index in [0.717, 1.165) is 25.1 Å². The van der Waals surface area contributed by atoms with Crippen LogP contribution < -0.4 is 10.2 Å². The molecule has 1 aromatic rings. The van der Waals surface area contributed by atoms with Crippen LogP contribution in [0, 0.1) is 6.92 Å². The smallest absolute Gasteiger partial charge is 0.239 e. The Morgan fingerprint density at radius 3 is 2.87 bits per heavy atom. The molecule has 7 heteroatoms. The van der Waals surface area contributed by atoms with E-state index < -0.39 is 21.3 Å². The highest BCUT2D eigenvalue weighted by molar-refractivity contribution is 7.91. The number of benzene rings is 1. The molecule has 1 fully saturated rings. The van der Waals surface area contributed by atoms with E-state index in [-0.39, 0.29) is 24.0 Å². The second-order valence-electron chi connectivity index (χ2n) is 6.42. The molecule has 2 aliphatic rings. The minimum absolute atomic E-state index is 0.0642. The number of hydrogen-bond donors (Lipinski definition) is 1. The lowest BCUT2D eigenvalue weighted by atomic mass is 9.99. The molecule has 2 aliphatic heterocycles. The van der Waals surface area contributed by atoms with Gasteiger partial charge in [0.05, 0.1) is 29.5 Å². The van der Waals surface area contributed by atoms with Crippen molar-refractivity contribution in [3.8, 4) is 0 Å². The van der Waals surface area contributed by atoms with Crippen LogP contribution in [-0.4, -0.2) is 50.3 Å². The summed E-state index contributed by atoms with van der Waals surface area (Å²) in [5.41, 5.74) is 3.58. The van der Waals surface area contributed by atoms with Gasteiger partial charge in [0.25, 0.3) is 0 Å². The van der Waals surface area contributed by atoms with E-state index in [2.05, 4.69) is 29.3 Å². The normalized spacial score (nSPS) is 25.9. The number of carbonyl (C=O) groups excluding carboxylic acids is 1. The average molecular weight is 357 g/mol.